The lowest BCUT2D eigenvalue weighted by molar-refractivity contribution is 0.197. The Morgan fingerprint density at radius 2 is 1.94 bits per heavy atom. The van der Waals surface area contributed by atoms with Crippen LogP contribution in [0, 0.1) is 6.92 Å². The maximum Gasteiger partial charge on any atom is 0.179 e. The van der Waals surface area contributed by atoms with Crippen molar-refractivity contribution in [3.63, 3.8) is 0 Å². The minimum atomic E-state index is -0.569. The van der Waals surface area contributed by atoms with Gasteiger partial charge in [0.05, 0.1) is 6.10 Å². The molecule has 94 valence electrons. The minimum Gasteiger partial charge on any atom is -0.389 e. The number of rotatable bonds is 2. The predicted octanol–water partition coefficient (Wildman–Crippen LogP) is 3.43. The zero-order chi connectivity index (χ0) is 13.3. The SMILES string of the molecule is Cc1nc(-c2ncc(Br)cc2Br)ncc1[C@@H](C)O. The van der Waals surface area contributed by atoms with E-state index in [0.29, 0.717) is 11.5 Å². The van der Waals surface area contributed by atoms with Gasteiger partial charge in [0.15, 0.2) is 5.82 Å². The second-order valence-electron chi connectivity index (χ2n) is 3.89. The number of hydrogen-bond acceptors (Lipinski definition) is 4. The van der Waals surface area contributed by atoms with Crippen molar-refractivity contribution in [1.29, 1.82) is 0 Å². The molecule has 0 amide bonds. The van der Waals surface area contributed by atoms with E-state index in [-0.39, 0.29) is 0 Å². The molecule has 2 aromatic heterocycles. The quantitative estimate of drug-likeness (QED) is 0.877. The molecule has 1 N–H and O–H groups in total. The Morgan fingerprint density at radius 1 is 1.22 bits per heavy atom. The second-order valence-corrected chi connectivity index (χ2v) is 5.66. The van der Waals surface area contributed by atoms with Gasteiger partial charge in [-0.2, -0.15) is 0 Å². The molecule has 0 aliphatic rings. The predicted molar refractivity (Wildman–Crippen MR) is 76.0 cm³/mol. The van der Waals surface area contributed by atoms with Gasteiger partial charge in [-0.05, 0) is 51.8 Å². The Morgan fingerprint density at radius 3 is 2.50 bits per heavy atom. The molecule has 0 saturated heterocycles. The molecule has 0 saturated carbocycles. The number of aryl methyl sites for hydroxylation is 1. The van der Waals surface area contributed by atoms with Crippen LogP contribution in [-0.4, -0.2) is 20.1 Å². The summed E-state index contributed by atoms with van der Waals surface area (Å²) < 4.78 is 1.71. The third-order valence-electron chi connectivity index (χ3n) is 2.49. The summed E-state index contributed by atoms with van der Waals surface area (Å²) in [6.45, 7) is 3.54. The molecule has 0 bridgehead atoms. The van der Waals surface area contributed by atoms with Crippen molar-refractivity contribution in [3.05, 3.63) is 38.7 Å². The van der Waals surface area contributed by atoms with Gasteiger partial charge < -0.3 is 5.11 Å². The van der Waals surface area contributed by atoms with Gasteiger partial charge in [0.1, 0.15) is 5.69 Å². The van der Waals surface area contributed by atoms with Gasteiger partial charge >= 0.3 is 0 Å². The Labute approximate surface area is 122 Å². The summed E-state index contributed by atoms with van der Waals surface area (Å²) in [4.78, 5) is 12.9. The molecule has 0 aliphatic carbocycles. The summed E-state index contributed by atoms with van der Waals surface area (Å²) in [6.07, 6.45) is 2.76. The van der Waals surface area contributed by atoms with Gasteiger partial charge in [0.2, 0.25) is 0 Å². The molecule has 2 rings (SSSR count). The van der Waals surface area contributed by atoms with Crippen LogP contribution < -0.4 is 0 Å². The summed E-state index contributed by atoms with van der Waals surface area (Å²) in [6, 6.07) is 1.89. The van der Waals surface area contributed by atoms with Gasteiger partial charge in [-0.3, -0.25) is 4.98 Å². The molecular weight excluding hydrogens is 362 g/mol. The summed E-state index contributed by atoms with van der Waals surface area (Å²) in [5.41, 5.74) is 2.16. The van der Waals surface area contributed by atoms with Crippen LogP contribution in [0.5, 0.6) is 0 Å². The van der Waals surface area contributed by atoms with Gasteiger partial charge in [0.25, 0.3) is 0 Å². The highest BCUT2D eigenvalue weighted by molar-refractivity contribution is 9.11. The van der Waals surface area contributed by atoms with Crippen molar-refractivity contribution in [3.8, 4) is 11.5 Å². The van der Waals surface area contributed by atoms with E-state index in [1.165, 1.54) is 0 Å². The van der Waals surface area contributed by atoms with Gasteiger partial charge in [-0.15, -0.1) is 0 Å². The van der Waals surface area contributed by atoms with E-state index in [2.05, 4.69) is 46.8 Å². The zero-order valence-electron chi connectivity index (χ0n) is 9.85. The lowest BCUT2D eigenvalue weighted by atomic mass is 10.1. The number of hydrogen-bond donors (Lipinski definition) is 1. The monoisotopic (exact) mass is 371 g/mol. The van der Waals surface area contributed by atoms with E-state index >= 15 is 0 Å². The fourth-order valence-electron chi connectivity index (χ4n) is 1.58. The summed E-state index contributed by atoms with van der Waals surface area (Å²) in [7, 11) is 0. The molecule has 0 unspecified atom stereocenters. The van der Waals surface area contributed by atoms with E-state index in [9.17, 15) is 5.11 Å². The summed E-state index contributed by atoms with van der Waals surface area (Å²) in [5.74, 6) is 0.538. The Hall–Kier alpha value is -0.850. The fourth-order valence-corrected chi connectivity index (χ4v) is 2.74. The van der Waals surface area contributed by atoms with Crippen LogP contribution >= 0.6 is 31.9 Å². The molecule has 0 aromatic carbocycles. The van der Waals surface area contributed by atoms with Gasteiger partial charge in [-0.25, -0.2) is 9.97 Å². The van der Waals surface area contributed by atoms with Crippen LogP contribution in [0.2, 0.25) is 0 Å². The normalized spacial score (nSPS) is 12.5. The van der Waals surface area contributed by atoms with E-state index in [1.54, 1.807) is 19.3 Å². The van der Waals surface area contributed by atoms with Crippen LogP contribution in [0.3, 0.4) is 0 Å². The van der Waals surface area contributed by atoms with Crippen molar-refractivity contribution in [2.75, 3.05) is 0 Å². The third-order valence-corrected chi connectivity index (χ3v) is 3.53. The highest BCUT2D eigenvalue weighted by Gasteiger charge is 2.12. The van der Waals surface area contributed by atoms with E-state index in [4.69, 9.17) is 0 Å². The Bertz CT molecular complexity index is 588. The molecule has 6 heteroatoms. The number of aromatic nitrogens is 3. The highest BCUT2D eigenvalue weighted by Crippen LogP contribution is 2.27. The van der Waals surface area contributed by atoms with Crippen LogP contribution in [-0.2, 0) is 0 Å². The van der Waals surface area contributed by atoms with Crippen LogP contribution in [0.25, 0.3) is 11.5 Å². The maximum absolute atomic E-state index is 9.55. The molecule has 0 aliphatic heterocycles. The lowest BCUT2D eigenvalue weighted by Gasteiger charge is -2.09. The molecular formula is C12H11Br2N3O. The smallest absolute Gasteiger partial charge is 0.179 e. The molecule has 0 spiro atoms. The van der Waals surface area contributed by atoms with E-state index in [1.807, 2.05) is 13.0 Å². The third kappa shape index (κ3) is 2.76. The van der Waals surface area contributed by atoms with Crippen LogP contribution in [0.15, 0.2) is 27.4 Å². The van der Waals surface area contributed by atoms with E-state index in [0.717, 1.165) is 20.2 Å². The Balaban J connectivity index is 2.49. The van der Waals surface area contributed by atoms with Crippen molar-refractivity contribution in [2.24, 2.45) is 0 Å². The van der Waals surface area contributed by atoms with Gasteiger partial charge in [0, 0.05) is 32.6 Å². The number of pyridine rings is 1. The first-order valence-corrected chi connectivity index (χ1v) is 6.90. The number of aliphatic hydroxyl groups excluding tert-OH is 1. The number of nitrogens with zero attached hydrogens (tertiary/aromatic N) is 3. The molecule has 1 atom stereocenters. The minimum absolute atomic E-state index is 0.538. The van der Waals surface area contributed by atoms with Crippen molar-refractivity contribution in [2.45, 2.75) is 20.0 Å². The Kier molecular flexibility index (Phi) is 4.09. The first kappa shape index (κ1) is 13.6. The lowest BCUT2D eigenvalue weighted by Crippen LogP contribution is -2.02. The second kappa shape index (κ2) is 5.42. The summed E-state index contributed by atoms with van der Waals surface area (Å²) >= 11 is 6.78. The van der Waals surface area contributed by atoms with Crippen LogP contribution in [0.1, 0.15) is 24.3 Å². The van der Waals surface area contributed by atoms with Crippen molar-refractivity contribution >= 4 is 31.9 Å². The summed E-state index contributed by atoms with van der Waals surface area (Å²) in [5, 5.41) is 9.55. The molecule has 4 nitrogen and oxygen atoms in total. The van der Waals surface area contributed by atoms with Crippen molar-refractivity contribution in [1.82, 2.24) is 15.0 Å². The first-order chi connectivity index (χ1) is 8.49. The number of halogens is 2. The average Bonchev–Trinajstić information content (AvgIpc) is 2.28. The van der Waals surface area contributed by atoms with E-state index < -0.39 is 6.10 Å². The fraction of sp³-hybridized carbons (Fsp3) is 0.250. The molecule has 0 fully saturated rings. The molecule has 2 aromatic rings. The highest BCUT2D eigenvalue weighted by atomic mass is 79.9. The van der Waals surface area contributed by atoms with Gasteiger partial charge in [-0.1, -0.05) is 0 Å². The maximum atomic E-state index is 9.55. The molecule has 0 radical (unpaired) electrons. The van der Waals surface area contributed by atoms with Crippen LogP contribution in [0.4, 0.5) is 0 Å². The molecule has 2 heterocycles. The standard InChI is InChI=1S/C12H11Br2N3O/c1-6-9(7(2)18)5-16-12(17-6)11-10(14)3-8(13)4-15-11/h3-5,7,18H,1-2H3/t7-/m1/s1. The first-order valence-electron chi connectivity index (χ1n) is 5.32. The topological polar surface area (TPSA) is 58.9 Å². The zero-order valence-corrected chi connectivity index (χ0v) is 13.0. The molecule has 18 heavy (non-hydrogen) atoms. The largest absolute Gasteiger partial charge is 0.389 e. The van der Waals surface area contributed by atoms with Crippen molar-refractivity contribution < 1.29 is 5.11 Å². The number of aliphatic hydroxyl groups is 1. The average molecular weight is 373 g/mol.